The van der Waals surface area contributed by atoms with Gasteiger partial charge in [-0.1, -0.05) is 11.8 Å². The maximum atomic E-state index is 12.5. The second-order valence-corrected chi connectivity index (χ2v) is 6.57. The largest absolute Gasteiger partial charge is 0.482 e. The number of ether oxygens (including phenoxy) is 2. The van der Waals surface area contributed by atoms with Gasteiger partial charge in [0.1, 0.15) is 5.75 Å². The zero-order valence-corrected chi connectivity index (χ0v) is 15.1. The molecule has 0 unspecified atom stereocenters. The fourth-order valence-corrected chi connectivity index (χ4v) is 3.23. The maximum Gasteiger partial charge on any atom is 0.264 e. The third-order valence-electron chi connectivity index (χ3n) is 3.77. The van der Waals surface area contributed by atoms with Crippen molar-refractivity contribution in [3.63, 3.8) is 0 Å². The molecular formula is C17H17N3O5S. The molecule has 3 rings (SSSR count). The summed E-state index contributed by atoms with van der Waals surface area (Å²) in [6.07, 6.45) is 0. The van der Waals surface area contributed by atoms with Gasteiger partial charge in [-0.15, -0.1) is 0 Å². The van der Waals surface area contributed by atoms with Gasteiger partial charge in [-0.2, -0.15) is 0 Å². The Morgan fingerprint density at radius 3 is 2.96 bits per heavy atom. The van der Waals surface area contributed by atoms with E-state index in [2.05, 4.69) is 9.97 Å². The Labute approximate surface area is 153 Å². The average molecular weight is 375 g/mol. The summed E-state index contributed by atoms with van der Waals surface area (Å²) in [5, 5.41) is 0.353. The average Bonchev–Trinajstić information content (AvgIpc) is 2.62. The summed E-state index contributed by atoms with van der Waals surface area (Å²) in [5.41, 5.74) is 1.22. The number of methoxy groups -OCH3 is 1. The molecule has 0 saturated carbocycles. The molecule has 8 nitrogen and oxygen atoms in total. The van der Waals surface area contributed by atoms with E-state index in [0.717, 1.165) is 11.8 Å². The molecule has 1 aliphatic rings. The first-order chi connectivity index (χ1) is 12.5. The molecule has 1 amide bonds. The number of amides is 1. The third kappa shape index (κ3) is 3.94. The lowest BCUT2D eigenvalue weighted by Crippen LogP contribution is -2.35. The lowest BCUT2D eigenvalue weighted by molar-refractivity contribution is -0.120. The predicted octanol–water partition coefficient (Wildman–Crippen LogP) is 1.25. The normalized spacial score (nSPS) is 13.3. The Bertz CT molecular complexity index is 912. The number of benzene rings is 1. The molecule has 1 aliphatic heterocycles. The van der Waals surface area contributed by atoms with Crippen LogP contribution in [0.25, 0.3) is 0 Å². The van der Waals surface area contributed by atoms with Crippen molar-refractivity contribution in [2.75, 3.05) is 31.4 Å². The number of Topliss-reactive ketones (excluding diaryl/α,β-unsaturated/α-hetero) is 1. The molecule has 2 aromatic rings. The van der Waals surface area contributed by atoms with E-state index in [1.807, 2.05) is 0 Å². The predicted molar refractivity (Wildman–Crippen MR) is 96.0 cm³/mol. The van der Waals surface area contributed by atoms with E-state index in [0.29, 0.717) is 27.9 Å². The highest BCUT2D eigenvalue weighted by Crippen LogP contribution is 2.32. The van der Waals surface area contributed by atoms with Gasteiger partial charge >= 0.3 is 0 Å². The second-order valence-electron chi connectivity index (χ2n) is 5.61. The first kappa shape index (κ1) is 18.2. The standard InChI is InChI=1S/C17H17N3O5S/c1-20-12-5-10(3-4-14(12)25-8-16(20)23)13(21)9-26-17-18-11(7-24-2)6-15(22)19-17/h3-6H,7-9H2,1-2H3,(H,18,19,22). The van der Waals surface area contributed by atoms with Crippen LogP contribution in [0.15, 0.2) is 34.2 Å². The van der Waals surface area contributed by atoms with Crippen LogP contribution in [0, 0.1) is 0 Å². The van der Waals surface area contributed by atoms with Crippen LogP contribution in [-0.2, 0) is 16.1 Å². The topological polar surface area (TPSA) is 102 Å². The zero-order valence-electron chi connectivity index (χ0n) is 14.3. The minimum atomic E-state index is -0.298. The number of fused-ring (bicyclic) bond motifs is 1. The Balaban J connectivity index is 1.73. The van der Waals surface area contributed by atoms with E-state index in [1.54, 1.807) is 25.2 Å². The van der Waals surface area contributed by atoms with Crippen LogP contribution in [0.5, 0.6) is 5.75 Å². The molecule has 1 aromatic heterocycles. The number of aromatic nitrogens is 2. The summed E-state index contributed by atoms with van der Waals surface area (Å²) in [6, 6.07) is 6.32. The number of carbonyl (C=O) groups excluding carboxylic acids is 2. The number of thioether (sulfide) groups is 1. The van der Waals surface area contributed by atoms with Gasteiger partial charge in [-0.25, -0.2) is 4.98 Å². The molecule has 0 fully saturated rings. The fraction of sp³-hybridized carbons (Fsp3) is 0.294. The second kappa shape index (κ2) is 7.71. The van der Waals surface area contributed by atoms with E-state index in [-0.39, 0.29) is 36.2 Å². The molecule has 0 aliphatic carbocycles. The number of hydrogen-bond acceptors (Lipinski definition) is 7. The molecular weight excluding hydrogens is 358 g/mol. The van der Waals surface area contributed by atoms with Gasteiger partial charge in [-0.3, -0.25) is 14.4 Å². The number of nitrogens with zero attached hydrogens (tertiary/aromatic N) is 2. The van der Waals surface area contributed by atoms with Crippen LogP contribution in [0.3, 0.4) is 0 Å². The number of hydrogen-bond donors (Lipinski definition) is 1. The smallest absolute Gasteiger partial charge is 0.264 e. The number of likely N-dealkylation sites (N-methyl/N-ethyl adjacent to an activating group) is 1. The van der Waals surface area contributed by atoms with Crippen molar-refractivity contribution in [3.05, 3.63) is 45.9 Å². The number of aromatic amines is 1. The highest BCUT2D eigenvalue weighted by Gasteiger charge is 2.23. The first-order valence-corrected chi connectivity index (χ1v) is 8.75. The highest BCUT2D eigenvalue weighted by molar-refractivity contribution is 7.99. The van der Waals surface area contributed by atoms with Crippen molar-refractivity contribution < 1.29 is 19.1 Å². The van der Waals surface area contributed by atoms with Crippen molar-refractivity contribution in [1.29, 1.82) is 0 Å². The molecule has 0 bridgehead atoms. The quantitative estimate of drug-likeness (QED) is 0.460. The highest BCUT2D eigenvalue weighted by atomic mass is 32.2. The molecule has 0 atom stereocenters. The van der Waals surface area contributed by atoms with Crippen molar-refractivity contribution in [2.24, 2.45) is 0 Å². The molecule has 0 spiro atoms. The third-order valence-corrected chi connectivity index (χ3v) is 4.65. The van der Waals surface area contributed by atoms with E-state index in [1.165, 1.54) is 18.1 Å². The van der Waals surface area contributed by atoms with Crippen LogP contribution in [0.4, 0.5) is 5.69 Å². The number of nitrogens with one attached hydrogen (secondary N) is 1. The van der Waals surface area contributed by atoms with Crippen LogP contribution in [0.2, 0.25) is 0 Å². The van der Waals surface area contributed by atoms with Gasteiger partial charge in [0.2, 0.25) is 0 Å². The summed E-state index contributed by atoms with van der Waals surface area (Å²) in [5.74, 6) is 0.336. The summed E-state index contributed by atoms with van der Waals surface area (Å²) < 4.78 is 10.3. The van der Waals surface area contributed by atoms with Gasteiger partial charge in [0.05, 0.1) is 23.7 Å². The van der Waals surface area contributed by atoms with Crippen LogP contribution < -0.4 is 15.2 Å². The molecule has 2 heterocycles. The summed E-state index contributed by atoms with van der Waals surface area (Å²) in [7, 11) is 3.16. The molecule has 1 N–H and O–H groups in total. The minimum Gasteiger partial charge on any atom is -0.482 e. The van der Waals surface area contributed by atoms with Crippen LogP contribution >= 0.6 is 11.8 Å². The van der Waals surface area contributed by atoms with Gasteiger partial charge in [-0.05, 0) is 18.2 Å². The van der Waals surface area contributed by atoms with Gasteiger partial charge in [0.15, 0.2) is 17.5 Å². The van der Waals surface area contributed by atoms with E-state index < -0.39 is 0 Å². The SMILES string of the molecule is COCc1cc(=O)[nH]c(SCC(=O)c2ccc3c(c2)N(C)C(=O)CO3)n1. The van der Waals surface area contributed by atoms with Crippen molar-refractivity contribution in [1.82, 2.24) is 9.97 Å². The van der Waals surface area contributed by atoms with Crippen molar-refractivity contribution in [2.45, 2.75) is 11.8 Å². The first-order valence-electron chi connectivity index (χ1n) is 7.76. The number of carbonyl (C=O) groups is 2. The molecule has 1 aromatic carbocycles. The number of anilines is 1. The van der Waals surface area contributed by atoms with Crippen molar-refractivity contribution in [3.8, 4) is 5.75 Å². The van der Waals surface area contributed by atoms with Gasteiger partial charge < -0.3 is 19.4 Å². The summed E-state index contributed by atoms with van der Waals surface area (Å²) in [4.78, 5) is 44.1. The van der Waals surface area contributed by atoms with E-state index in [4.69, 9.17) is 9.47 Å². The number of H-pyrrole nitrogens is 1. The molecule has 26 heavy (non-hydrogen) atoms. The molecule has 0 radical (unpaired) electrons. The van der Waals surface area contributed by atoms with E-state index in [9.17, 15) is 14.4 Å². The monoisotopic (exact) mass is 375 g/mol. The lowest BCUT2D eigenvalue weighted by atomic mass is 10.1. The maximum absolute atomic E-state index is 12.5. The fourth-order valence-electron chi connectivity index (χ4n) is 2.44. The Kier molecular flexibility index (Phi) is 5.38. The summed E-state index contributed by atoms with van der Waals surface area (Å²) >= 11 is 1.13. The van der Waals surface area contributed by atoms with E-state index >= 15 is 0 Å². The Morgan fingerprint density at radius 1 is 1.38 bits per heavy atom. The number of ketones is 1. The van der Waals surface area contributed by atoms with Crippen LogP contribution in [0.1, 0.15) is 16.1 Å². The molecule has 9 heteroatoms. The zero-order chi connectivity index (χ0) is 18.7. The van der Waals surface area contributed by atoms with Gasteiger partial charge in [0, 0.05) is 25.8 Å². The Hall–Kier alpha value is -2.65. The number of rotatable bonds is 6. The lowest BCUT2D eigenvalue weighted by Gasteiger charge is -2.26. The minimum absolute atomic E-state index is 0.0104. The molecule has 136 valence electrons. The van der Waals surface area contributed by atoms with Crippen LogP contribution in [-0.4, -0.2) is 48.2 Å². The van der Waals surface area contributed by atoms with Gasteiger partial charge in [0.25, 0.3) is 11.5 Å². The Morgan fingerprint density at radius 2 is 2.19 bits per heavy atom. The molecule has 0 saturated heterocycles. The summed E-state index contributed by atoms with van der Waals surface area (Å²) in [6.45, 7) is 0.208. The van der Waals surface area contributed by atoms with Crippen molar-refractivity contribution >= 4 is 29.1 Å².